The molecule has 0 aliphatic carbocycles. The van der Waals surface area contributed by atoms with Gasteiger partial charge >= 0.3 is 0 Å². The Kier molecular flexibility index (Phi) is 6.49. The average molecular weight is 402 g/mol. The number of hydrogen-bond donors (Lipinski definition) is 2. The number of carbonyl (C=O) groups excluding carboxylic acids is 1. The van der Waals surface area contributed by atoms with Gasteiger partial charge in [-0.2, -0.15) is 0 Å². The van der Waals surface area contributed by atoms with Crippen LogP contribution in [0, 0.1) is 0 Å². The molecule has 6 nitrogen and oxygen atoms in total. The molecule has 2 aromatic carbocycles. The van der Waals surface area contributed by atoms with Gasteiger partial charge < -0.3 is 10.4 Å². The Morgan fingerprint density at radius 1 is 1.11 bits per heavy atom. The van der Waals surface area contributed by atoms with Crippen LogP contribution in [0.3, 0.4) is 0 Å². The fourth-order valence-corrected chi connectivity index (χ4v) is 4.63. The molecule has 1 unspecified atom stereocenters. The van der Waals surface area contributed by atoms with Crippen LogP contribution < -0.4 is 5.32 Å². The van der Waals surface area contributed by atoms with Gasteiger partial charge in [0.05, 0.1) is 5.56 Å². The van der Waals surface area contributed by atoms with Crippen LogP contribution in [-0.4, -0.2) is 57.6 Å². The SMILES string of the molecule is CN(C)S(=O)N1CCC(CNC(=O)c2ccccc2O)(c2ccccc2)CC1. The minimum atomic E-state index is -1.15. The minimum absolute atomic E-state index is 0.0232. The molecule has 0 saturated carbocycles. The lowest BCUT2D eigenvalue weighted by Crippen LogP contribution is -2.50. The number of para-hydroxylation sites is 1. The Balaban J connectivity index is 1.77. The molecule has 7 heteroatoms. The Bertz CT molecular complexity index is 834. The van der Waals surface area contributed by atoms with Crippen molar-refractivity contribution in [1.82, 2.24) is 13.9 Å². The van der Waals surface area contributed by atoms with E-state index in [0.29, 0.717) is 19.6 Å². The van der Waals surface area contributed by atoms with Gasteiger partial charge in [-0.05, 0) is 30.5 Å². The summed E-state index contributed by atoms with van der Waals surface area (Å²) in [5, 5.41) is 13.0. The van der Waals surface area contributed by atoms with E-state index in [0.717, 1.165) is 12.8 Å². The van der Waals surface area contributed by atoms with Gasteiger partial charge in [-0.15, -0.1) is 0 Å². The zero-order chi connectivity index (χ0) is 20.1. The summed E-state index contributed by atoms with van der Waals surface area (Å²) in [6, 6.07) is 16.7. The Morgan fingerprint density at radius 2 is 1.71 bits per heavy atom. The fourth-order valence-electron chi connectivity index (χ4n) is 3.67. The van der Waals surface area contributed by atoms with Crippen LogP contribution in [0.1, 0.15) is 28.8 Å². The molecule has 1 fully saturated rings. The van der Waals surface area contributed by atoms with Gasteiger partial charge in [0, 0.05) is 39.1 Å². The van der Waals surface area contributed by atoms with Crippen LogP contribution >= 0.6 is 0 Å². The smallest absolute Gasteiger partial charge is 0.255 e. The molecule has 0 radical (unpaired) electrons. The predicted octanol–water partition coefficient (Wildman–Crippen LogP) is 2.30. The first-order valence-corrected chi connectivity index (χ1v) is 10.5. The maximum absolute atomic E-state index is 12.6. The molecule has 1 heterocycles. The van der Waals surface area contributed by atoms with E-state index in [-0.39, 0.29) is 22.6 Å². The third-order valence-corrected chi connectivity index (χ3v) is 6.77. The zero-order valence-corrected chi connectivity index (χ0v) is 17.1. The lowest BCUT2D eigenvalue weighted by molar-refractivity contribution is 0.0930. The summed E-state index contributed by atoms with van der Waals surface area (Å²) in [5.41, 5.74) is 1.22. The van der Waals surface area contributed by atoms with Crippen molar-refractivity contribution in [2.75, 3.05) is 33.7 Å². The van der Waals surface area contributed by atoms with Crippen molar-refractivity contribution in [3.8, 4) is 5.75 Å². The monoisotopic (exact) mass is 401 g/mol. The summed E-state index contributed by atoms with van der Waals surface area (Å²) in [6.45, 7) is 1.84. The Hall–Kier alpha value is -2.22. The third-order valence-electron chi connectivity index (χ3n) is 5.33. The fraction of sp³-hybridized carbons (Fsp3) is 0.381. The van der Waals surface area contributed by atoms with E-state index in [1.165, 1.54) is 11.6 Å². The quantitative estimate of drug-likeness (QED) is 0.780. The second-order valence-electron chi connectivity index (χ2n) is 7.32. The molecule has 1 aliphatic heterocycles. The molecule has 0 aromatic heterocycles. The summed E-state index contributed by atoms with van der Waals surface area (Å²) in [4.78, 5) is 12.6. The van der Waals surface area contributed by atoms with Crippen molar-refractivity contribution in [3.63, 3.8) is 0 Å². The molecular formula is C21H27N3O3S. The standard InChI is InChI=1S/C21H27N3O3S/c1-23(2)28(27)24-14-12-21(13-15-24,17-8-4-3-5-9-17)16-22-20(26)18-10-6-7-11-19(18)25/h3-11,25H,12-16H2,1-2H3,(H,22,26). The summed E-state index contributed by atoms with van der Waals surface area (Å²) in [7, 11) is 3.61. The van der Waals surface area contributed by atoms with Crippen molar-refractivity contribution in [2.24, 2.45) is 0 Å². The molecule has 1 saturated heterocycles. The van der Waals surface area contributed by atoms with Crippen molar-refractivity contribution < 1.29 is 14.1 Å². The Labute approximate surface area is 168 Å². The maximum Gasteiger partial charge on any atom is 0.255 e. The lowest BCUT2D eigenvalue weighted by Gasteiger charge is -2.42. The number of benzene rings is 2. The van der Waals surface area contributed by atoms with Gasteiger partial charge in [0.15, 0.2) is 11.2 Å². The maximum atomic E-state index is 12.6. The summed E-state index contributed by atoms with van der Waals surface area (Å²) >= 11 is -1.15. The van der Waals surface area contributed by atoms with Crippen molar-refractivity contribution in [3.05, 3.63) is 65.7 Å². The van der Waals surface area contributed by atoms with Crippen LogP contribution in [0.25, 0.3) is 0 Å². The number of phenolic OH excluding ortho intramolecular Hbond substituents is 1. The number of phenols is 1. The summed E-state index contributed by atoms with van der Waals surface area (Å²) in [5.74, 6) is -0.308. The van der Waals surface area contributed by atoms with Crippen LogP contribution in [0.2, 0.25) is 0 Å². The van der Waals surface area contributed by atoms with Gasteiger partial charge in [0.2, 0.25) is 0 Å². The van der Waals surface area contributed by atoms with E-state index in [1.54, 1.807) is 22.5 Å². The van der Waals surface area contributed by atoms with Crippen molar-refractivity contribution in [1.29, 1.82) is 0 Å². The van der Waals surface area contributed by atoms with E-state index in [4.69, 9.17) is 0 Å². The van der Waals surface area contributed by atoms with Gasteiger partial charge in [0.1, 0.15) is 5.75 Å². The highest BCUT2D eigenvalue weighted by Crippen LogP contribution is 2.35. The number of nitrogens with zero attached hydrogens (tertiary/aromatic N) is 2. The third kappa shape index (κ3) is 4.43. The minimum Gasteiger partial charge on any atom is -0.507 e. The first-order valence-electron chi connectivity index (χ1n) is 9.39. The van der Waals surface area contributed by atoms with Gasteiger partial charge in [-0.25, -0.2) is 12.8 Å². The van der Waals surface area contributed by atoms with Gasteiger partial charge in [0.25, 0.3) is 5.91 Å². The molecule has 1 aliphatic rings. The number of hydrogen-bond acceptors (Lipinski definition) is 3. The molecule has 2 N–H and O–H groups in total. The number of rotatable bonds is 6. The number of amides is 1. The van der Waals surface area contributed by atoms with E-state index >= 15 is 0 Å². The number of piperidine rings is 1. The highest BCUT2D eigenvalue weighted by molar-refractivity contribution is 7.80. The Morgan fingerprint density at radius 3 is 2.32 bits per heavy atom. The second kappa shape index (κ2) is 8.86. The van der Waals surface area contributed by atoms with E-state index in [9.17, 15) is 14.1 Å². The van der Waals surface area contributed by atoms with Crippen LogP contribution in [-0.2, 0) is 16.6 Å². The molecule has 28 heavy (non-hydrogen) atoms. The molecule has 150 valence electrons. The molecule has 0 spiro atoms. The molecule has 1 amide bonds. The summed E-state index contributed by atoms with van der Waals surface area (Å²) in [6.07, 6.45) is 1.58. The highest BCUT2D eigenvalue weighted by atomic mass is 32.2. The molecule has 2 aromatic rings. The van der Waals surface area contributed by atoms with Gasteiger partial charge in [-0.3, -0.25) is 4.79 Å². The second-order valence-corrected chi connectivity index (χ2v) is 9.03. The first kappa shape index (κ1) is 20.5. The molecule has 1 atom stereocenters. The van der Waals surface area contributed by atoms with Gasteiger partial charge in [-0.1, -0.05) is 42.5 Å². The van der Waals surface area contributed by atoms with Crippen molar-refractivity contribution >= 4 is 17.1 Å². The molecule has 3 rings (SSSR count). The highest BCUT2D eigenvalue weighted by Gasteiger charge is 2.38. The topological polar surface area (TPSA) is 72.9 Å². The zero-order valence-electron chi connectivity index (χ0n) is 16.3. The average Bonchev–Trinajstić information content (AvgIpc) is 2.73. The van der Waals surface area contributed by atoms with Crippen molar-refractivity contribution in [2.45, 2.75) is 18.3 Å². The largest absolute Gasteiger partial charge is 0.507 e. The van der Waals surface area contributed by atoms with Crippen LogP contribution in [0.5, 0.6) is 5.75 Å². The van der Waals surface area contributed by atoms with Crippen LogP contribution in [0.15, 0.2) is 54.6 Å². The first-order chi connectivity index (χ1) is 13.4. The lowest BCUT2D eigenvalue weighted by atomic mass is 9.73. The van der Waals surface area contributed by atoms with Crippen LogP contribution in [0.4, 0.5) is 0 Å². The predicted molar refractivity (Wildman–Crippen MR) is 111 cm³/mol. The number of nitrogens with one attached hydrogen (secondary N) is 1. The van der Waals surface area contributed by atoms with E-state index in [1.807, 2.05) is 36.6 Å². The molecule has 0 bridgehead atoms. The number of carbonyl (C=O) groups is 1. The van der Waals surface area contributed by atoms with E-state index in [2.05, 4.69) is 17.4 Å². The number of aromatic hydroxyl groups is 1. The van der Waals surface area contributed by atoms with E-state index < -0.39 is 11.2 Å². The summed E-state index contributed by atoms with van der Waals surface area (Å²) < 4.78 is 16.1. The molecular weight excluding hydrogens is 374 g/mol. The normalized spacial score (nSPS) is 18.0.